The van der Waals surface area contributed by atoms with Crippen molar-refractivity contribution in [2.75, 3.05) is 6.54 Å². The highest BCUT2D eigenvalue weighted by molar-refractivity contribution is 5.78. The second kappa shape index (κ2) is 7.51. The monoisotopic (exact) mass is 355 g/mol. The zero-order valence-corrected chi connectivity index (χ0v) is 14.5. The lowest BCUT2D eigenvalue weighted by atomic mass is 10.1. The van der Waals surface area contributed by atoms with Crippen LogP contribution < -0.4 is 5.56 Å². The molecular formula is C19H21N3O4. The predicted octanol–water partition coefficient (Wildman–Crippen LogP) is 1.62. The molecule has 1 atom stereocenters. The summed E-state index contributed by atoms with van der Waals surface area (Å²) in [5, 5.41) is 13.4. The number of hydrogen-bond donors (Lipinski definition) is 1. The average molecular weight is 355 g/mol. The third kappa shape index (κ3) is 4.17. The van der Waals surface area contributed by atoms with Gasteiger partial charge in [-0.05, 0) is 18.9 Å². The number of hydrogen-bond acceptors (Lipinski definition) is 4. The number of nitrogens with zero attached hydrogens (tertiary/aromatic N) is 3. The molecule has 0 aliphatic heterocycles. The van der Waals surface area contributed by atoms with E-state index in [1.807, 2.05) is 30.3 Å². The van der Waals surface area contributed by atoms with E-state index in [9.17, 15) is 14.4 Å². The van der Waals surface area contributed by atoms with Crippen LogP contribution in [0.2, 0.25) is 0 Å². The van der Waals surface area contributed by atoms with Gasteiger partial charge < -0.3 is 10.0 Å². The molecule has 1 unspecified atom stereocenters. The molecule has 0 radical (unpaired) electrons. The topological polar surface area (TPSA) is 92.5 Å². The number of carboxylic acid groups (broad SMARTS) is 1. The van der Waals surface area contributed by atoms with Crippen molar-refractivity contribution in [1.29, 1.82) is 0 Å². The number of carboxylic acids is 1. The van der Waals surface area contributed by atoms with Crippen LogP contribution in [0.15, 0.2) is 47.3 Å². The Bertz CT molecular complexity index is 859. The lowest BCUT2D eigenvalue weighted by molar-refractivity contribution is -0.143. The molecule has 0 spiro atoms. The highest BCUT2D eigenvalue weighted by atomic mass is 16.4. The summed E-state index contributed by atoms with van der Waals surface area (Å²) in [6.07, 6.45) is 1.73. The zero-order valence-electron chi connectivity index (χ0n) is 14.5. The van der Waals surface area contributed by atoms with Crippen LogP contribution in [0.3, 0.4) is 0 Å². The lowest BCUT2D eigenvalue weighted by Gasteiger charge is -2.24. The molecule has 1 aliphatic carbocycles. The van der Waals surface area contributed by atoms with Gasteiger partial charge in [0, 0.05) is 24.2 Å². The van der Waals surface area contributed by atoms with Gasteiger partial charge in [-0.1, -0.05) is 37.3 Å². The molecule has 0 saturated heterocycles. The second-order valence-electron chi connectivity index (χ2n) is 6.60. The smallest absolute Gasteiger partial charge is 0.308 e. The molecule has 1 heterocycles. The Morgan fingerprint density at radius 2 is 1.92 bits per heavy atom. The van der Waals surface area contributed by atoms with Crippen LogP contribution in [0.25, 0.3) is 11.3 Å². The first-order chi connectivity index (χ1) is 12.5. The Labute approximate surface area is 150 Å². The summed E-state index contributed by atoms with van der Waals surface area (Å²) in [5.74, 6) is -1.87. The molecule has 2 aromatic rings. The lowest BCUT2D eigenvalue weighted by Crippen LogP contribution is -2.42. The van der Waals surface area contributed by atoms with Gasteiger partial charge in [0.1, 0.15) is 6.54 Å². The summed E-state index contributed by atoms with van der Waals surface area (Å²) < 4.78 is 1.14. The molecular weight excluding hydrogens is 334 g/mol. The number of amides is 1. The minimum atomic E-state index is -0.940. The average Bonchev–Trinajstić information content (AvgIpc) is 3.46. The highest BCUT2D eigenvalue weighted by Crippen LogP contribution is 2.28. The fraction of sp³-hybridized carbons (Fsp3) is 0.368. The molecule has 3 rings (SSSR count). The summed E-state index contributed by atoms with van der Waals surface area (Å²) >= 11 is 0. The molecule has 26 heavy (non-hydrogen) atoms. The van der Waals surface area contributed by atoms with E-state index in [1.54, 1.807) is 17.9 Å². The van der Waals surface area contributed by atoms with Crippen LogP contribution in [-0.4, -0.2) is 44.3 Å². The van der Waals surface area contributed by atoms with Crippen molar-refractivity contribution in [2.24, 2.45) is 5.92 Å². The Morgan fingerprint density at radius 1 is 1.23 bits per heavy atom. The highest BCUT2D eigenvalue weighted by Gasteiger charge is 2.34. The van der Waals surface area contributed by atoms with Crippen molar-refractivity contribution in [2.45, 2.75) is 32.4 Å². The van der Waals surface area contributed by atoms with Crippen LogP contribution in [0.5, 0.6) is 0 Å². The van der Waals surface area contributed by atoms with Gasteiger partial charge in [0.25, 0.3) is 5.56 Å². The standard InChI is InChI=1S/C19H21N3O4/c1-13(19(25)26)11-21(15-7-8-15)18(24)12-22-17(23)10-9-16(20-22)14-5-3-2-4-6-14/h2-6,9-10,13,15H,7-8,11-12H2,1H3,(H,25,26). The summed E-state index contributed by atoms with van der Waals surface area (Å²) in [7, 11) is 0. The predicted molar refractivity (Wildman–Crippen MR) is 95.5 cm³/mol. The van der Waals surface area contributed by atoms with Gasteiger partial charge >= 0.3 is 5.97 Å². The maximum absolute atomic E-state index is 12.7. The Balaban J connectivity index is 1.79. The minimum Gasteiger partial charge on any atom is -0.481 e. The van der Waals surface area contributed by atoms with Crippen LogP contribution in [-0.2, 0) is 16.1 Å². The Hall–Kier alpha value is -2.96. The van der Waals surface area contributed by atoms with Crippen molar-refractivity contribution < 1.29 is 14.7 Å². The molecule has 1 aromatic carbocycles. The van der Waals surface area contributed by atoms with Gasteiger partial charge in [0.05, 0.1) is 11.6 Å². The zero-order chi connectivity index (χ0) is 18.7. The molecule has 1 N–H and O–H groups in total. The largest absolute Gasteiger partial charge is 0.481 e. The summed E-state index contributed by atoms with van der Waals surface area (Å²) in [6.45, 7) is 1.53. The molecule has 1 saturated carbocycles. The van der Waals surface area contributed by atoms with E-state index in [0.29, 0.717) is 5.69 Å². The van der Waals surface area contributed by atoms with Crippen molar-refractivity contribution in [1.82, 2.24) is 14.7 Å². The maximum Gasteiger partial charge on any atom is 0.308 e. The number of carbonyl (C=O) groups excluding carboxylic acids is 1. The first kappa shape index (κ1) is 17.8. The van der Waals surface area contributed by atoms with Gasteiger partial charge in [-0.2, -0.15) is 5.10 Å². The summed E-state index contributed by atoms with van der Waals surface area (Å²) in [5.41, 5.74) is 1.10. The fourth-order valence-electron chi connectivity index (χ4n) is 2.76. The molecule has 1 aromatic heterocycles. The van der Waals surface area contributed by atoms with E-state index < -0.39 is 11.9 Å². The second-order valence-corrected chi connectivity index (χ2v) is 6.60. The van der Waals surface area contributed by atoms with E-state index in [1.165, 1.54) is 6.07 Å². The fourth-order valence-corrected chi connectivity index (χ4v) is 2.76. The summed E-state index contributed by atoms with van der Waals surface area (Å²) in [4.78, 5) is 37.5. The normalized spacial score (nSPS) is 14.7. The van der Waals surface area contributed by atoms with E-state index >= 15 is 0 Å². The Kier molecular flexibility index (Phi) is 5.16. The Morgan fingerprint density at radius 3 is 2.54 bits per heavy atom. The van der Waals surface area contributed by atoms with Gasteiger partial charge in [0.2, 0.25) is 5.91 Å². The van der Waals surface area contributed by atoms with Crippen LogP contribution in [0.1, 0.15) is 19.8 Å². The van der Waals surface area contributed by atoms with Crippen molar-refractivity contribution in [3.05, 3.63) is 52.8 Å². The molecule has 0 bridgehead atoms. The van der Waals surface area contributed by atoms with Crippen molar-refractivity contribution in [3.63, 3.8) is 0 Å². The number of carbonyl (C=O) groups is 2. The minimum absolute atomic E-state index is 0.0670. The van der Waals surface area contributed by atoms with Gasteiger partial charge in [-0.15, -0.1) is 0 Å². The van der Waals surface area contributed by atoms with Gasteiger partial charge in [-0.3, -0.25) is 14.4 Å². The first-order valence-electron chi connectivity index (χ1n) is 8.61. The van der Waals surface area contributed by atoms with Crippen molar-refractivity contribution in [3.8, 4) is 11.3 Å². The maximum atomic E-state index is 12.7. The van der Waals surface area contributed by atoms with Gasteiger partial charge in [-0.25, -0.2) is 4.68 Å². The molecule has 136 valence electrons. The third-order valence-electron chi connectivity index (χ3n) is 4.42. The van der Waals surface area contributed by atoms with Crippen LogP contribution in [0, 0.1) is 5.92 Å². The number of aliphatic carboxylic acids is 1. The molecule has 1 aliphatic rings. The van der Waals surface area contributed by atoms with E-state index in [4.69, 9.17) is 5.11 Å². The molecule has 7 nitrogen and oxygen atoms in total. The van der Waals surface area contributed by atoms with E-state index in [0.717, 1.165) is 23.1 Å². The molecule has 1 amide bonds. The van der Waals surface area contributed by atoms with Crippen LogP contribution >= 0.6 is 0 Å². The quantitative estimate of drug-likeness (QED) is 0.815. The number of benzene rings is 1. The number of aromatic nitrogens is 2. The first-order valence-corrected chi connectivity index (χ1v) is 8.61. The molecule has 1 fully saturated rings. The van der Waals surface area contributed by atoms with E-state index in [-0.39, 0.29) is 30.6 Å². The van der Waals surface area contributed by atoms with Crippen molar-refractivity contribution >= 4 is 11.9 Å². The summed E-state index contributed by atoms with van der Waals surface area (Å²) in [6, 6.07) is 12.5. The van der Waals surface area contributed by atoms with Crippen LogP contribution in [0.4, 0.5) is 0 Å². The SMILES string of the molecule is CC(CN(C(=O)Cn1nc(-c2ccccc2)ccc1=O)C1CC1)C(=O)O. The number of rotatable bonds is 7. The third-order valence-corrected chi connectivity index (χ3v) is 4.42. The van der Waals surface area contributed by atoms with Gasteiger partial charge in [0.15, 0.2) is 0 Å². The van der Waals surface area contributed by atoms with E-state index in [2.05, 4.69) is 5.10 Å². The molecule has 7 heteroatoms.